The van der Waals surface area contributed by atoms with Gasteiger partial charge in [-0.15, -0.1) is 0 Å². The Kier molecular flexibility index (Phi) is 10.9. The number of piperidine rings is 1. The highest BCUT2D eigenvalue weighted by molar-refractivity contribution is 6.02. The van der Waals surface area contributed by atoms with Crippen molar-refractivity contribution < 1.29 is 27.9 Å². The van der Waals surface area contributed by atoms with Crippen molar-refractivity contribution in [1.82, 2.24) is 14.9 Å². The van der Waals surface area contributed by atoms with Gasteiger partial charge in [0.15, 0.2) is 17.5 Å². The summed E-state index contributed by atoms with van der Waals surface area (Å²) in [5.74, 6) is -3.88. The first-order valence-corrected chi connectivity index (χ1v) is 14.1. The average molecular weight is 588 g/mol. The van der Waals surface area contributed by atoms with Gasteiger partial charge in [-0.1, -0.05) is 25.1 Å². The van der Waals surface area contributed by atoms with Gasteiger partial charge in [0.25, 0.3) is 6.47 Å². The number of aromatic nitrogens is 1. The Morgan fingerprint density at radius 1 is 1.05 bits per heavy atom. The summed E-state index contributed by atoms with van der Waals surface area (Å²) in [5, 5.41) is 17.6. The van der Waals surface area contributed by atoms with E-state index in [9.17, 15) is 13.2 Å². The van der Waals surface area contributed by atoms with E-state index >= 15 is 0 Å². The fourth-order valence-corrected chi connectivity index (χ4v) is 4.94. The minimum atomic E-state index is -1.47. The van der Waals surface area contributed by atoms with Crippen LogP contribution in [0.15, 0.2) is 52.5 Å². The predicted octanol–water partition coefficient (Wildman–Crippen LogP) is 6.29. The Morgan fingerprint density at radius 2 is 1.71 bits per heavy atom. The Balaban J connectivity index is 0.000000910. The molecule has 0 aliphatic carbocycles. The topological polar surface area (TPSA) is 90.6 Å². The molecular weight excluding hydrogens is 547 g/mol. The molecule has 8 nitrogen and oxygen atoms in total. The molecule has 11 heteroatoms. The fourth-order valence-electron chi connectivity index (χ4n) is 4.94. The van der Waals surface area contributed by atoms with E-state index in [4.69, 9.17) is 14.7 Å². The Morgan fingerprint density at radius 3 is 2.31 bits per heavy atom. The lowest BCUT2D eigenvalue weighted by Crippen LogP contribution is -2.45. The van der Waals surface area contributed by atoms with Crippen LogP contribution in [0, 0.1) is 24.4 Å². The molecule has 0 saturated carbocycles. The van der Waals surface area contributed by atoms with Crippen molar-refractivity contribution in [3.8, 4) is 0 Å². The first-order chi connectivity index (χ1) is 19.9. The number of hydrazone groups is 1. The number of oxime groups is 1. The maximum atomic E-state index is 14.6. The molecule has 5 rings (SSSR count). The number of benzene rings is 1. The largest absolute Gasteiger partial charge is 0.483 e. The molecule has 1 N–H and O–H groups in total. The molecule has 0 atom stereocenters. The van der Waals surface area contributed by atoms with Crippen LogP contribution in [-0.2, 0) is 9.63 Å². The molecule has 0 amide bonds. The maximum absolute atomic E-state index is 14.6. The lowest BCUT2D eigenvalue weighted by molar-refractivity contribution is -0.122. The average Bonchev–Trinajstić information content (AvgIpc) is 3.38. The van der Waals surface area contributed by atoms with Gasteiger partial charge >= 0.3 is 0 Å². The van der Waals surface area contributed by atoms with Crippen LogP contribution in [0.2, 0.25) is 0 Å². The van der Waals surface area contributed by atoms with E-state index in [0.717, 1.165) is 61.0 Å². The Bertz CT molecular complexity index is 1330. The molecule has 4 heterocycles. The SMILES string of the molecule is CC.Cc1ccc(C2=NOC3(CCN(CC4=CN(C(C)(C)C)N=C(c5ccc(F)c(F)c5F)C4)CC3)C2)nc1.O=CO. The first-order valence-electron chi connectivity index (χ1n) is 14.1. The van der Waals surface area contributed by atoms with Crippen molar-refractivity contribution in [2.24, 2.45) is 10.3 Å². The van der Waals surface area contributed by atoms with Gasteiger partial charge in [-0.3, -0.25) is 19.7 Å². The molecule has 3 aliphatic heterocycles. The van der Waals surface area contributed by atoms with Gasteiger partial charge in [-0.05, 0) is 57.0 Å². The Hall–Kier alpha value is -3.73. The number of carbonyl (C=O) groups is 1. The summed E-state index contributed by atoms with van der Waals surface area (Å²) in [5.41, 5.74) is 3.59. The molecule has 0 unspecified atom stereocenters. The standard InChI is InChI=1S/C28H32F3N5O.C2H6.CH2O2/c1-18-5-8-22(32-15-18)24-14-28(37-34-24)9-11-35(12-10-28)16-19-13-23(33-36(17-19)27(2,3)4)20-6-7-21(29)26(31)25(20)30;1-2;2-1-3/h5-8,15,17H,9-14,16H2,1-4H3;1-2H3;1H,(H,2,3). The van der Waals surface area contributed by atoms with E-state index in [2.05, 4.69) is 20.1 Å². The zero-order valence-electron chi connectivity index (χ0n) is 25.1. The molecule has 1 fully saturated rings. The highest BCUT2D eigenvalue weighted by atomic mass is 19.2. The smallest absolute Gasteiger partial charge is 0.290 e. The summed E-state index contributed by atoms with van der Waals surface area (Å²) >= 11 is 0. The lowest BCUT2D eigenvalue weighted by atomic mass is 9.86. The number of pyridine rings is 1. The van der Waals surface area contributed by atoms with E-state index in [-0.39, 0.29) is 23.2 Å². The molecule has 0 radical (unpaired) electrons. The van der Waals surface area contributed by atoms with Crippen LogP contribution < -0.4 is 0 Å². The monoisotopic (exact) mass is 587 g/mol. The summed E-state index contributed by atoms with van der Waals surface area (Å²) in [7, 11) is 0. The summed E-state index contributed by atoms with van der Waals surface area (Å²) in [6.45, 7) is 14.1. The number of carboxylic acid groups (broad SMARTS) is 1. The van der Waals surface area contributed by atoms with Crippen LogP contribution in [-0.4, -0.2) is 68.7 Å². The zero-order valence-corrected chi connectivity index (χ0v) is 25.1. The molecule has 2 aromatic rings. The van der Waals surface area contributed by atoms with Gasteiger partial charge < -0.3 is 9.94 Å². The van der Waals surface area contributed by atoms with Crippen LogP contribution in [0.5, 0.6) is 0 Å². The molecule has 0 bridgehead atoms. The van der Waals surface area contributed by atoms with Crippen molar-refractivity contribution >= 4 is 17.9 Å². The van der Waals surface area contributed by atoms with Gasteiger partial charge in [0.1, 0.15) is 11.3 Å². The Labute approximate surface area is 245 Å². The van der Waals surface area contributed by atoms with Crippen molar-refractivity contribution in [1.29, 1.82) is 0 Å². The number of rotatable bonds is 4. The molecule has 1 saturated heterocycles. The summed E-state index contributed by atoms with van der Waals surface area (Å²) in [6.07, 6.45) is 6.60. The first kappa shape index (κ1) is 32.8. The zero-order chi connectivity index (χ0) is 31.1. The van der Waals surface area contributed by atoms with Crippen LogP contribution in [0.1, 0.15) is 77.1 Å². The molecular formula is C31H40F3N5O3. The van der Waals surface area contributed by atoms with Crippen molar-refractivity contribution in [2.45, 2.75) is 78.4 Å². The molecule has 1 aromatic heterocycles. The number of hydrogen-bond donors (Lipinski definition) is 1. The van der Waals surface area contributed by atoms with Crippen molar-refractivity contribution in [2.75, 3.05) is 19.6 Å². The van der Waals surface area contributed by atoms with Gasteiger partial charge in [0.05, 0.1) is 16.9 Å². The van der Waals surface area contributed by atoms with Gasteiger partial charge in [0.2, 0.25) is 0 Å². The maximum Gasteiger partial charge on any atom is 0.290 e. The third kappa shape index (κ3) is 7.76. The summed E-state index contributed by atoms with van der Waals surface area (Å²) in [4.78, 5) is 21.2. The normalized spacial score (nSPS) is 18.0. The number of aryl methyl sites for hydroxylation is 1. The second-order valence-corrected chi connectivity index (χ2v) is 11.3. The minimum Gasteiger partial charge on any atom is -0.483 e. The van der Waals surface area contributed by atoms with E-state index < -0.39 is 17.5 Å². The molecule has 42 heavy (non-hydrogen) atoms. The van der Waals surface area contributed by atoms with E-state index in [1.54, 1.807) is 5.01 Å². The summed E-state index contributed by atoms with van der Waals surface area (Å²) < 4.78 is 42.1. The second kappa shape index (κ2) is 14.0. The number of nitrogens with zero attached hydrogens (tertiary/aromatic N) is 5. The minimum absolute atomic E-state index is 0.00917. The number of hydrogen-bond acceptors (Lipinski definition) is 7. The predicted molar refractivity (Wildman–Crippen MR) is 157 cm³/mol. The van der Waals surface area contributed by atoms with Crippen LogP contribution in [0.4, 0.5) is 13.2 Å². The van der Waals surface area contributed by atoms with Crippen molar-refractivity contribution in [3.05, 3.63) is 76.5 Å². The number of halogens is 3. The summed E-state index contributed by atoms with van der Waals surface area (Å²) in [6, 6.07) is 6.22. The third-order valence-electron chi connectivity index (χ3n) is 7.20. The van der Waals surface area contributed by atoms with Gasteiger partial charge in [0, 0.05) is 63.3 Å². The lowest BCUT2D eigenvalue weighted by Gasteiger charge is -2.39. The third-order valence-corrected chi connectivity index (χ3v) is 7.20. The van der Waals surface area contributed by atoms with Gasteiger partial charge in [-0.25, -0.2) is 13.2 Å². The van der Waals surface area contributed by atoms with Crippen molar-refractivity contribution in [3.63, 3.8) is 0 Å². The fraction of sp³-hybridized carbons (Fsp3) is 0.484. The van der Waals surface area contributed by atoms with E-state index in [1.807, 2.05) is 66.1 Å². The quantitative estimate of drug-likeness (QED) is 0.334. The van der Waals surface area contributed by atoms with Gasteiger partial charge in [-0.2, -0.15) is 5.10 Å². The molecule has 3 aliphatic rings. The second-order valence-electron chi connectivity index (χ2n) is 11.3. The van der Waals surface area contributed by atoms with E-state index in [0.29, 0.717) is 18.7 Å². The molecule has 1 spiro atoms. The van der Waals surface area contributed by atoms with Crippen LogP contribution in [0.3, 0.4) is 0 Å². The van der Waals surface area contributed by atoms with Crippen LogP contribution in [0.25, 0.3) is 0 Å². The van der Waals surface area contributed by atoms with E-state index in [1.165, 1.54) is 6.07 Å². The number of likely N-dealkylation sites (tertiary alicyclic amines) is 1. The highest BCUT2D eigenvalue weighted by Gasteiger charge is 2.42. The highest BCUT2D eigenvalue weighted by Crippen LogP contribution is 2.36. The molecule has 1 aromatic carbocycles. The molecule has 228 valence electrons. The van der Waals surface area contributed by atoms with Crippen LogP contribution >= 0.6 is 0 Å².